The lowest BCUT2D eigenvalue weighted by atomic mass is 10.0. The van der Waals surface area contributed by atoms with E-state index in [9.17, 15) is 19.2 Å². The molecule has 41 heavy (non-hydrogen) atoms. The molecular formula is C31H31ClN2O6S. The van der Waals surface area contributed by atoms with Crippen LogP contribution in [0.15, 0.2) is 60.7 Å². The van der Waals surface area contributed by atoms with Crippen LogP contribution in [0, 0.1) is 13.8 Å². The number of fused-ring (bicyclic) bond motifs is 1. The Balaban J connectivity index is 1.51. The van der Waals surface area contributed by atoms with Crippen molar-refractivity contribution in [2.75, 3.05) is 28.5 Å². The highest BCUT2D eigenvalue weighted by Gasteiger charge is 2.30. The second-order valence-electron chi connectivity index (χ2n) is 9.68. The van der Waals surface area contributed by atoms with Gasteiger partial charge in [-0.1, -0.05) is 29.8 Å². The number of anilines is 2. The summed E-state index contributed by atoms with van der Waals surface area (Å²) in [6.07, 6.45) is 0.531. The highest BCUT2D eigenvalue weighted by atomic mass is 35.5. The highest BCUT2D eigenvalue weighted by molar-refractivity contribution is 7.99. The first-order valence-corrected chi connectivity index (χ1v) is 14.7. The molecule has 3 aromatic carbocycles. The van der Waals surface area contributed by atoms with Gasteiger partial charge in [0.15, 0.2) is 0 Å². The van der Waals surface area contributed by atoms with Crippen LogP contribution in [0.5, 0.6) is 0 Å². The fraction of sp³-hybridized carbons (Fsp3) is 0.290. The molecular weight excluding hydrogens is 564 g/mol. The molecule has 1 unspecified atom stereocenters. The van der Waals surface area contributed by atoms with Gasteiger partial charge < -0.3 is 19.7 Å². The molecule has 2 amide bonds. The van der Waals surface area contributed by atoms with Gasteiger partial charge in [0.25, 0.3) is 11.8 Å². The quantitative estimate of drug-likeness (QED) is 0.181. The van der Waals surface area contributed by atoms with E-state index in [0.717, 1.165) is 17.3 Å². The van der Waals surface area contributed by atoms with Crippen LogP contribution < -0.4 is 10.2 Å². The Kier molecular flexibility index (Phi) is 10.1. The van der Waals surface area contributed by atoms with Crippen LogP contribution in [0.2, 0.25) is 5.02 Å². The number of halogens is 1. The smallest absolute Gasteiger partial charge is 0.316 e. The van der Waals surface area contributed by atoms with E-state index in [1.165, 1.54) is 6.92 Å². The van der Waals surface area contributed by atoms with E-state index in [4.69, 9.17) is 21.1 Å². The third kappa shape index (κ3) is 7.68. The number of esters is 2. The molecule has 1 aliphatic heterocycles. The molecule has 1 N–H and O–H groups in total. The lowest BCUT2D eigenvalue weighted by Gasteiger charge is -2.25. The summed E-state index contributed by atoms with van der Waals surface area (Å²) >= 11 is 7.46. The molecule has 0 bridgehead atoms. The number of benzene rings is 3. The summed E-state index contributed by atoms with van der Waals surface area (Å²) in [6.45, 7) is 5.44. The summed E-state index contributed by atoms with van der Waals surface area (Å²) in [4.78, 5) is 51.8. The van der Waals surface area contributed by atoms with Gasteiger partial charge in [0.05, 0.1) is 11.4 Å². The Morgan fingerprint density at radius 3 is 2.51 bits per heavy atom. The standard InChI is InChI=1S/C31H31ClN2O6S/c1-19-7-4-5-8-24(19)30(37)33-23-11-12-25(20(2)15-23)31(38)34-14-6-9-28(26-16-22(32)10-13-27(26)34)40-29(36)17-41-18-39-21(3)35/h4-5,7-8,10-13,15-16,28H,6,9,14,17-18H2,1-3H3,(H,33,37). The van der Waals surface area contributed by atoms with Crippen LogP contribution in [0.3, 0.4) is 0 Å². The first kappa shape index (κ1) is 30.1. The zero-order valence-corrected chi connectivity index (χ0v) is 24.6. The predicted octanol–water partition coefficient (Wildman–Crippen LogP) is 6.49. The third-order valence-corrected chi connectivity index (χ3v) is 7.62. The maximum Gasteiger partial charge on any atom is 0.316 e. The van der Waals surface area contributed by atoms with E-state index in [-0.39, 0.29) is 23.5 Å². The highest BCUT2D eigenvalue weighted by Crippen LogP contribution is 2.38. The van der Waals surface area contributed by atoms with Gasteiger partial charge in [0.1, 0.15) is 12.0 Å². The molecule has 3 aromatic rings. The minimum atomic E-state index is -0.580. The fourth-order valence-corrected chi connectivity index (χ4v) is 5.42. The van der Waals surface area contributed by atoms with Crippen LogP contribution in [0.4, 0.5) is 11.4 Å². The third-order valence-electron chi connectivity index (χ3n) is 6.66. The average molecular weight is 595 g/mol. The number of aryl methyl sites for hydroxylation is 2. The Bertz CT molecular complexity index is 1480. The topological polar surface area (TPSA) is 102 Å². The number of nitrogens with zero attached hydrogens (tertiary/aromatic N) is 1. The molecule has 4 rings (SSSR count). The molecule has 0 saturated heterocycles. The Hall–Kier alpha value is -3.82. The molecule has 10 heteroatoms. The van der Waals surface area contributed by atoms with Crippen molar-refractivity contribution in [2.45, 2.75) is 39.7 Å². The number of carbonyl (C=O) groups is 4. The van der Waals surface area contributed by atoms with Gasteiger partial charge in [-0.15, -0.1) is 11.8 Å². The van der Waals surface area contributed by atoms with Crippen molar-refractivity contribution in [3.05, 3.63) is 93.5 Å². The predicted molar refractivity (Wildman–Crippen MR) is 161 cm³/mol. The first-order chi connectivity index (χ1) is 19.6. The van der Waals surface area contributed by atoms with E-state index >= 15 is 0 Å². The minimum Gasteiger partial charge on any atom is -0.457 e. The second-order valence-corrected chi connectivity index (χ2v) is 11.1. The van der Waals surface area contributed by atoms with Gasteiger partial charge in [-0.05, 0) is 80.3 Å². The summed E-state index contributed by atoms with van der Waals surface area (Å²) in [5.41, 5.74) is 4.54. The van der Waals surface area contributed by atoms with Gasteiger partial charge >= 0.3 is 11.9 Å². The van der Waals surface area contributed by atoms with Crippen molar-refractivity contribution in [1.29, 1.82) is 0 Å². The molecule has 0 radical (unpaired) electrons. The van der Waals surface area contributed by atoms with Crippen molar-refractivity contribution in [1.82, 2.24) is 0 Å². The number of hydrogen-bond donors (Lipinski definition) is 1. The summed E-state index contributed by atoms with van der Waals surface area (Å²) in [7, 11) is 0. The number of rotatable bonds is 8. The molecule has 0 spiro atoms. The molecule has 0 fully saturated rings. The van der Waals surface area contributed by atoms with E-state index in [1.54, 1.807) is 47.4 Å². The maximum atomic E-state index is 13.8. The van der Waals surface area contributed by atoms with Crippen LogP contribution in [0.1, 0.15) is 63.3 Å². The van der Waals surface area contributed by atoms with E-state index < -0.39 is 18.0 Å². The monoisotopic (exact) mass is 594 g/mol. The normalized spacial score (nSPS) is 14.4. The van der Waals surface area contributed by atoms with Crippen molar-refractivity contribution >= 4 is 58.5 Å². The molecule has 8 nitrogen and oxygen atoms in total. The number of ether oxygens (including phenoxy) is 2. The van der Waals surface area contributed by atoms with Crippen LogP contribution in [-0.2, 0) is 19.1 Å². The molecule has 1 atom stereocenters. The van der Waals surface area contributed by atoms with Gasteiger partial charge in [0, 0.05) is 40.9 Å². The van der Waals surface area contributed by atoms with Crippen molar-refractivity contribution in [3.8, 4) is 0 Å². The SMILES string of the molecule is CC(=O)OCSCC(=O)OC1CCCN(C(=O)c2ccc(NC(=O)c3ccccc3C)cc2C)c2ccc(Cl)cc21. The lowest BCUT2D eigenvalue weighted by Crippen LogP contribution is -2.32. The van der Waals surface area contributed by atoms with E-state index in [0.29, 0.717) is 58.0 Å². The van der Waals surface area contributed by atoms with Crippen molar-refractivity contribution < 1.29 is 28.7 Å². The maximum absolute atomic E-state index is 13.8. The molecule has 1 heterocycles. The van der Waals surface area contributed by atoms with Crippen LogP contribution in [0.25, 0.3) is 0 Å². The van der Waals surface area contributed by atoms with Crippen molar-refractivity contribution in [2.24, 2.45) is 0 Å². The summed E-state index contributed by atoms with van der Waals surface area (Å²) in [5.74, 6) is -1.20. The molecule has 1 aliphatic rings. The Morgan fingerprint density at radius 2 is 1.78 bits per heavy atom. The fourth-order valence-electron chi connectivity index (χ4n) is 4.67. The van der Waals surface area contributed by atoms with E-state index in [2.05, 4.69) is 5.32 Å². The zero-order chi connectivity index (χ0) is 29.5. The molecule has 0 saturated carbocycles. The Labute approximate surface area is 248 Å². The molecule has 0 aliphatic carbocycles. The minimum absolute atomic E-state index is 0.0221. The van der Waals surface area contributed by atoms with E-state index in [1.807, 2.05) is 32.0 Å². The molecule has 214 valence electrons. The van der Waals surface area contributed by atoms with Crippen molar-refractivity contribution in [3.63, 3.8) is 0 Å². The average Bonchev–Trinajstić information content (AvgIpc) is 3.10. The second kappa shape index (κ2) is 13.7. The number of amides is 2. The van der Waals surface area contributed by atoms with Gasteiger partial charge in [-0.3, -0.25) is 19.2 Å². The van der Waals surface area contributed by atoms with Gasteiger partial charge in [-0.25, -0.2) is 0 Å². The summed E-state index contributed by atoms with van der Waals surface area (Å²) in [5, 5.41) is 3.38. The number of carbonyl (C=O) groups excluding carboxylic acids is 4. The number of hydrogen-bond acceptors (Lipinski definition) is 7. The largest absolute Gasteiger partial charge is 0.457 e. The number of thioether (sulfide) groups is 1. The number of nitrogens with one attached hydrogen (secondary N) is 1. The zero-order valence-electron chi connectivity index (χ0n) is 23.1. The first-order valence-electron chi connectivity index (χ1n) is 13.1. The summed E-state index contributed by atoms with van der Waals surface area (Å²) in [6, 6.07) is 17.8. The van der Waals surface area contributed by atoms with Crippen LogP contribution >= 0.6 is 23.4 Å². The van der Waals surface area contributed by atoms with Gasteiger partial charge in [0.2, 0.25) is 0 Å². The van der Waals surface area contributed by atoms with Crippen LogP contribution in [-0.4, -0.2) is 42.0 Å². The summed E-state index contributed by atoms with van der Waals surface area (Å²) < 4.78 is 10.6. The lowest BCUT2D eigenvalue weighted by molar-refractivity contribution is -0.146. The Morgan fingerprint density at radius 1 is 1.00 bits per heavy atom. The molecule has 0 aromatic heterocycles. The van der Waals surface area contributed by atoms with Gasteiger partial charge in [-0.2, -0.15) is 0 Å².